The summed E-state index contributed by atoms with van der Waals surface area (Å²) >= 11 is 0. The van der Waals surface area contributed by atoms with E-state index in [2.05, 4.69) is 16.0 Å². The zero-order chi connectivity index (χ0) is 25.8. The standard InChI is InChI=1S/C29H28N6O2/c1-21-9-11-24(12-10-21)35-20-26(27(32-35)22-6-3-8-25(18-22)37-2)29(36)34-15-5-14-33(16-17-34)28-23(19-30)7-4-13-31-28/h3-4,6-13,18,20H,5,14-17H2,1-2H3. The van der Waals surface area contributed by atoms with Crippen LogP contribution in [0.4, 0.5) is 5.82 Å². The van der Waals surface area contributed by atoms with Crippen LogP contribution in [0.1, 0.15) is 27.9 Å². The van der Waals surface area contributed by atoms with E-state index in [0.717, 1.165) is 29.8 Å². The SMILES string of the molecule is COc1cccc(-c2nn(-c3ccc(C)cc3)cc2C(=O)N2CCCN(c3ncccc3C#N)CC2)c1. The summed E-state index contributed by atoms with van der Waals surface area (Å²) in [6.07, 6.45) is 4.29. The molecule has 2 aromatic carbocycles. The average molecular weight is 493 g/mol. The molecule has 4 aromatic rings. The van der Waals surface area contributed by atoms with E-state index in [1.807, 2.05) is 66.6 Å². The van der Waals surface area contributed by atoms with Gasteiger partial charge in [-0.15, -0.1) is 0 Å². The average Bonchev–Trinajstić information content (AvgIpc) is 3.24. The van der Waals surface area contributed by atoms with Crippen molar-refractivity contribution in [1.29, 1.82) is 5.26 Å². The molecule has 37 heavy (non-hydrogen) atoms. The van der Waals surface area contributed by atoms with Crippen LogP contribution in [0.25, 0.3) is 16.9 Å². The van der Waals surface area contributed by atoms with Crippen LogP contribution in [0.2, 0.25) is 0 Å². The monoisotopic (exact) mass is 492 g/mol. The number of hydrogen-bond acceptors (Lipinski definition) is 6. The highest BCUT2D eigenvalue weighted by Crippen LogP contribution is 2.28. The van der Waals surface area contributed by atoms with Crippen molar-refractivity contribution in [2.75, 3.05) is 38.2 Å². The minimum atomic E-state index is -0.0699. The minimum Gasteiger partial charge on any atom is -0.497 e. The van der Waals surface area contributed by atoms with Crippen molar-refractivity contribution in [3.05, 3.63) is 89.7 Å². The van der Waals surface area contributed by atoms with Crippen molar-refractivity contribution < 1.29 is 9.53 Å². The normalized spacial score (nSPS) is 13.6. The molecule has 0 spiro atoms. The van der Waals surface area contributed by atoms with Gasteiger partial charge in [0.1, 0.15) is 23.3 Å². The number of amides is 1. The van der Waals surface area contributed by atoms with Crippen molar-refractivity contribution >= 4 is 11.7 Å². The first kappa shape index (κ1) is 24.1. The Balaban J connectivity index is 1.47. The lowest BCUT2D eigenvalue weighted by molar-refractivity contribution is 0.0767. The molecular weight excluding hydrogens is 464 g/mol. The number of aryl methyl sites for hydroxylation is 1. The Bertz CT molecular complexity index is 1450. The van der Waals surface area contributed by atoms with E-state index in [9.17, 15) is 10.1 Å². The van der Waals surface area contributed by atoms with Crippen molar-refractivity contribution in [3.8, 4) is 28.8 Å². The molecule has 1 amide bonds. The Labute approximate surface area is 216 Å². The van der Waals surface area contributed by atoms with Crippen LogP contribution in [0.3, 0.4) is 0 Å². The molecule has 1 aliphatic heterocycles. The summed E-state index contributed by atoms with van der Waals surface area (Å²) in [5.74, 6) is 1.30. The summed E-state index contributed by atoms with van der Waals surface area (Å²) in [5.41, 5.74) is 4.55. The van der Waals surface area contributed by atoms with E-state index in [0.29, 0.717) is 48.0 Å². The fourth-order valence-electron chi connectivity index (χ4n) is 4.58. The minimum absolute atomic E-state index is 0.0699. The maximum Gasteiger partial charge on any atom is 0.257 e. The first-order valence-corrected chi connectivity index (χ1v) is 12.3. The highest BCUT2D eigenvalue weighted by atomic mass is 16.5. The summed E-state index contributed by atoms with van der Waals surface area (Å²) in [6.45, 7) is 4.49. The van der Waals surface area contributed by atoms with Crippen LogP contribution >= 0.6 is 0 Å². The van der Waals surface area contributed by atoms with Crippen LogP contribution < -0.4 is 9.64 Å². The van der Waals surface area contributed by atoms with E-state index in [1.165, 1.54) is 0 Å². The first-order chi connectivity index (χ1) is 18.1. The van der Waals surface area contributed by atoms with Gasteiger partial charge in [0.15, 0.2) is 0 Å². The molecule has 1 saturated heterocycles. The number of nitriles is 1. The Morgan fingerprint density at radius 2 is 1.86 bits per heavy atom. The molecule has 0 N–H and O–H groups in total. The van der Waals surface area contributed by atoms with Crippen LogP contribution in [-0.4, -0.2) is 58.9 Å². The second kappa shape index (κ2) is 10.5. The third-order valence-electron chi connectivity index (χ3n) is 6.58. The summed E-state index contributed by atoms with van der Waals surface area (Å²) in [6, 6.07) is 21.4. The van der Waals surface area contributed by atoms with Gasteiger partial charge >= 0.3 is 0 Å². The summed E-state index contributed by atoms with van der Waals surface area (Å²) < 4.78 is 7.19. The predicted octanol–water partition coefficient (Wildman–Crippen LogP) is 4.48. The third-order valence-corrected chi connectivity index (χ3v) is 6.58. The molecule has 0 atom stereocenters. The van der Waals surface area contributed by atoms with Gasteiger partial charge in [-0.1, -0.05) is 29.8 Å². The molecule has 0 aliphatic carbocycles. The third kappa shape index (κ3) is 5.02. The molecule has 0 saturated carbocycles. The fourth-order valence-corrected chi connectivity index (χ4v) is 4.58. The quantitative estimate of drug-likeness (QED) is 0.408. The molecule has 1 aliphatic rings. The van der Waals surface area contributed by atoms with Crippen molar-refractivity contribution in [2.45, 2.75) is 13.3 Å². The lowest BCUT2D eigenvalue weighted by atomic mass is 10.1. The smallest absolute Gasteiger partial charge is 0.257 e. The summed E-state index contributed by atoms with van der Waals surface area (Å²) in [7, 11) is 1.62. The van der Waals surface area contributed by atoms with Gasteiger partial charge in [-0.2, -0.15) is 10.4 Å². The number of carbonyl (C=O) groups is 1. The number of rotatable bonds is 5. The summed E-state index contributed by atoms with van der Waals surface area (Å²) in [5, 5.41) is 14.3. The molecule has 0 unspecified atom stereocenters. The Morgan fingerprint density at radius 1 is 1.03 bits per heavy atom. The number of anilines is 1. The van der Waals surface area contributed by atoms with Crippen LogP contribution in [0.5, 0.6) is 5.75 Å². The number of methoxy groups -OCH3 is 1. The summed E-state index contributed by atoms with van der Waals surface area (Å²) in [4.78, 5) is 22.3. The molecule has 2 aromatic heterocycles. The van der Waals surface area contributed by atoms with E-state index < -0.39 is 0 Å². The zero-order valence-electron chi connectivity index (χ0n) is 21.0. The Hall–Kier alpha value is -4.64. The molecule has 3 heterocycles. The Kier molecular flexibility index (Phi) is 6.86. The molecule has 8 heteroatoms. The van der Waals surface area contributed by atoms with Gasteiger partial charge in [0.25, 0.3) is 5.91 Å². The second-order valence-corrected chi connectivity index (χ2v) is 9.02. The van der Waals surface area contributed by atoms with Crippen LogP contribution in [-0.2, 0) is 0 Å². The Morgan fingerprint density at radius 3 is 2.65 bits per heavy atom. The van der Waals surface area contributed by atoms with Crippen molar-refractivity contribution in [2.24, 2.45) is 0 Å². The van der Waals surface area contributed by atoms with E-state index in [1.54, 1.807) is 30.1 Å². The van der Waals surface area contributed by atoms with Gasteiger partial charge in [0, 0.05) is 44.1 Å². The van der Waals surface area contributed by atoms with Crippen LogP contribution in [0.15, 0.2) is 73.1 Å². The number of benzene rings is 2. The molecule has 5 rings (SSSR count). The first-order valence-electron chi connectivity index (χ1n) is 12.3. The maximum atomic E-state index is 13.9. The second-order valence-electron chi connectivity index (χ2n) is 9.02. The van der Waals surface area contributed by atoms with Gasteiger partial charge in [-0.3, -0.25) is 4.79 Å². The highest BCUT2D eigenvalue weighted by molar-refractivity contribution is 6.00. The fraction of sp³-hybridized carbons (Fsp3) is 0.241. The highest BCUT2D eigenvalue weighted by Gasteiger charge is 2.26. The molecule has 1 fully saturated rings. The van der Waals surface area contributed by atoms with E-state index >= 15 is 0 Å². The van der Waals surface area contributed by atoms with Gasteiger partial charge < -0.3 is 14.5 Å². The number of pyridine rings is 1. The van der Waals surface area contributed by atoms with Crippen LogP contribution in [0, 0.1) is 18.3 Å². The lowest BCUT2D eigenvalue weighted by Gasteiger charge is -2.23. The molecule has 8 nitrogen and oxygen atoms in total. The molecular formula is C29H28N6O2. The van der Waals surface area contributed by atoms with Gasteiger partial charge in [-0.05, 0) is 49.7 Å². The van der Waals surface area contributed by atoms with E-state index in [4.69, 9.17) is 9.84 Å². The number of carbonyl (C=O) groups excluding carboxylic acids is 1. The predicted molar refractivity (Wildman–Crippen MR) is 142 cm³/mol. The molecule has 0 radical (unpaired) electrons. The lowest BCUT2D eigenvalue weighted by Crippen LogP contribution is -2.35. The zero-order valence-corrected chi connectivity index (χ0v) is 21.0. The number of aromatic nitrogens is 3. The van der Waals surface area contributed by atoms with Gasteiger partial charge in [-0.25, -0.2) is 9.67 Å². The van der Waals surface area contributed by atoms with Crippen molar-refractivity contribution in [3.63, 3.8) is 0 Å². The van der Waals surface area contributed by atoms with Crippen molar-refractivity contribution in [1.82, 2.24) is 19.7 Å². The maximum absolute atomic E-state index is 13.9. The topological polar surface area (TPSA) is 87.3 Å². The number of ether oxygens (including phenoxy) is 1. The molecule has 0 bridgehead atoms. The number of nitrogens with zero attached hydrogens (tertiary/aromatic N) is 6. The largest absolute Gasteiger partial charge is 0.497 e. The number of hydrogen-bond donors (Lipinski definition) is 0. The van der Waals surface area contributed by atoms with E-state index in [-0.39, 0.29) is 5.91 Å². The van der Waals surface area contributed by atoms with Gasteiger partial charge in [0.2, 0.25) is 0 Å². The van der Waals surface area contributed by atoms with Gasteiger partial charge in [0.05, 0.1) is 23.9 Å². The molecule has 186 valence electrons.